The third-order valence-electron chi connectivity index (χ3n) is 4.64. The van der Waals surface area contributed by atoms with Gasteiger partial charge >= 0.3 is 6.03 Å². The number of rotatable bonds is 7. The molecule has 0 unspecified atom stereocenters. The second-order valence-corrected chi connectivity index (χ2v) is 9.11. The van der Waals surface area contributed by atoms with E-state index in [9.17, 15) is 17.6 Å². The highest BCUT2D eigenvalue weighted by atomic mass is 35.5. The van der Waals surface area contributed by atoms with Crippen LogP contribution in [0.3, 0.4) is 0 Å². The number of sulfonamides is 1. The summed E-state index contributed by atoms with van der Waals surface area (Å²) >= 11 is 5.90. The third-order valence-corrected chi connectivity index (χ3v) is 6.77. The molecule has 30 heavy (non-hydrogen) atoms. The van der Waals surface area contributed by atoms with E-state index in [1.165, 1.54) is 28.6 Å². The fraction of sp³-hybridized carbons (Fsp3) is 0.350. The maximum absolute atomic E-state index is 12.8. The van der Waals surface area contributed by atoms with Crippen molar-refractivity contribution in [3.8, 4) is 5.75 Å². The second kappa shape index (κ2) is 10.1. The first-order valence-electron chi connectivity index (χ1n) is 9.53. The third kappa shape index (κ3) is 5.84. The summed E-state index contributed by atoms with van der Waals surface area (Å²) in [4.78, 5) is 14.0. The molecule has 3 rings (SSSR count). The Morgan fingerprint density at radius 3 is 2.47 bits per heavy atom. The molecule has 0 spiro atoms. The van der Waals surface area contributed by atoms with Gasteiger partial charge in [0, 0.05) is 37.7 Å². The van der Waals surface area contributed by atoms with E-state index in [1.807, 2.05) is 0 Å². The minimum Gasteiger partial charge on any atom is -0.494 e. The van der Waals surface area contributed by atoms with Crippen molar-refractivity contribution in [2.24, 2.45) is 0 Å². The summed E-state index contributed by atoms with van der Waals surface area (Å²) in [6.45, 7) is 1.85. The van der Waals surface area contributed by atoms with Crippen molar-refractivity contribution < 1.29 is 22.3 Å². The molecule has 1 heterocycles. The molecule has 7 nitrogen and oxygen atoms in total. The van der Waals surface area contributed by atoms with Crippen LogP contribution in [0.4, 0.5) is 9.18 Å². The molecule has 0 atom stereocenters. The van der Waals surface area contributed by atoms with Crippen LogP contribution >= 0.6 is 11.6 Å². The van der Waals surface area contributed by atoms with Crippen LogP contribution in [0.2, 0.25) is 5.02 Å². The number of carbonyl (C=O) groups excluding carboxylic acids is 1. The molecule has 0 radical (unpaired) electrons. The molecular weight excluding hydrogens is 433 g/mol. The summed E-state index contributed by atoms with van der Waals surface area (Å²) in [5, 5.41) is 3.16. The molecule has 1 N–H and O–H groups in total. The standard InChI is InChI=1S/C20H23ClFN3O4S/c21-16-3-1-4-19(15-16)30(27,28)25-12-10-24(11-13-25)20(26)23-9-2-14-29-18-7-5-17(22)6-8-18/h1,3-8,15H,2,9-14H2,(H,23,26). The highest BCUT2D eigenvalue weighted by Gasteiger charge is 2.30. The van der Waals surface area contributed by atoms with E-state index < -0.39 is 10.0 Å². The van der Waals surface area contributed by atoms with E-state index in [0.29, 0.717) is 43.4 Å². The van der Waals surface area contributed by atoms with Gasteiger partial charge in [-0.25, -0.2) is 17.6 Å². The Morgan fingerprint density at radius 2 is 1.80 bits per heavy atom. The zero-order chi connectivity index (χ0) is 21.6. The Bertz CT molecular complexity index is 964. The average molecular weight is 456 g/mol. The van der Waals surface area contributed by atoms with Crippen molar-refractivity contribution in [3.05, 3.63) is 59.4 Å². The minimum atomic E-state index is -3.64. The maximum Gasteiger partial charge on any atom is 0.317 e. The number of amides is 2. The first-order valence-corrected chi connectivity index (χ1v) is 11.3. The van der Waals surface area contributed by atoms with Crippen molar-refractivity contribution in [1.29, 1.82) is 0 Å². The van der Waals surface area contributed by atoms with Crippen LogP contribution in [0.25, 0.3) is 0 Å². The monoisotopic (exact) mass is 455 g/mol. The fourth-order valence-electron chi connectivity index (χ4n) is 3.01. The van der Waals surface area contributed by atoms with Gasteiger partial charge in [-0.2, -0.15) is 4.31 Å². The van der Waals surface area contributed by atoms with Crippen LogP contribution in [0.5, 0.6) is 5.75 Å². The zero-order valence-corrected chi connectivity index (χ0v) is 17.8. The van der Waals surface area contributed by atoms with Gasteiger partial charge in [0.25, 0.3) is 0 Å². The number of carbonyl (C=O) groups is 1. The summed E-state index contributed by atoms with van der Waals surface area (Å²) in [6.07, 6.45) is 0.590. The van der Waals surface area contributed by atoms with Crippen molar-refractivity contribution in [2.45, 2.75) is 11.3 Å². The topological polar surface area (TPSA) is 79.0 Å². The lowest BCUT2D eigenvalue weighted by molar-refractivity contribution is 0.171. The van der Waals surface area contributed by atoms with Gasteiger partial charge in [-0.05, 0) is 48.9 Å². The second-order valence-electron chi connectivity index (χ2n) is 6.74. The Labute approximate surface area is 180 Å². The summed E-state index contributed by atoms with van der Waals surface area (Å²) in [6, 6.07) is 11.6. The SMILES string of the molecule is O=C(NCCCOc1ccc(F)cc1)N1CCN(S(=O)(=O)c2cccc(Cl)c2)CC1. The average Bonchev–Trinajstić information content (AvgIpc) is 2.75. The number of nitrogens with one attached hydrogen (secondary N) is 1. The molecule has 0 saturated carbocycles. The molecule has 0 bridgehead atoms. The number of ether oxygens (including phenoxy) is 1. The van der Waals surface area contributed by atoms with Gasteiger partial charge < -0.3 is 15.0 Å². The quantitative estimate of drug-likeness (QED) is 0.651. The van der Waals surface area contributed by atoms with Crippen LogP contribution in [0.1, 0.15) is 6.42 Å². The first kappa shape index (κ1) is 22.3. The zero-order valence-electron chi connectivity index (χ0n) is 16.3. The Hall–Kier alpha value is -2.36. The molecule has 1 fully saturated rings. The minimum absolute atomic E-state index is 0.147. The van der Waals surface area contributed by atoms with Crippen LogP contribution < -0.4 is 10.1 Å². The van der Waals surface area contributed by atoms with Crippen molar-refractivity contribution >= 4 is 27.7 Å². The molecule has 1 aliphatic heterocycles. The van der Waals surface area contributed by atoms with Crippen LogP contribution in [-0.4, -0.2) is 63.0 Å². The highest BCUT2D eigenvalue weighted by Crippen LogP contribution is 2.21. The summed E-state index contributed by atoms with van der Waals surface area (Å²) in [7, 11) is -3.64. The largest absolute Gasteiger partial charge is 0.494 e. The number of hydrogen-bond donors (Lipinski definition) is 1. The lowest BCUT2D eigenvalue weighted by Gasteiger charge is -2.34. The lowest BCUT2D eigenvalue weighted by atomic mass is 10.3. The highest BCUT2D eigenvalue weighted by molar-refractivity contribution is 7.89. The molecule has 162 valence electrons. The molecule has 1 aliphatic rings. The number of hydrogen-bond acceptors (Lipinski definition) is 4. The Morgan fingerprint density at radius 1 is 1.10 bits per heavy atom. The number of halogens is 2. The lowest BCUT2D eigenvalue weighted by Crippen LogP contribution is -2.53. The van der Waals surface area contributed by atoms with Crippen molar-refractivity contribution in [2.75, 3.05) is 39.3 Å². The molecule has 10 heteroatoms. The summed E-state index contributed by atoms with van der Waals surface area (Å²) in [5.41, 5.74) is 0. The normalized spacial score (nSPS) is 15.1. The van der Waals surface area contributed by atoms with E-state index >= 15 is 0 Å². The predicted octanol–water partition coefficient (Wildman–Crippen LogP) is 2.96. The fourth-order valence-corrected chi connectivity index (χ4v) is 4.73. The van der Waals surface area contributed by atoms with E-state index in [-0.39, 0.29) is 29.8 Å². The van der Waals surface area contributed by atoms with Crippen LogP contribution in [-0.2, 0) is 10.0 Å². The number of nitrogens with zero attached hydrogens (tertiary/aromatic N) is 2. The Balaban J connectivity index is 1.39. The van der Waals surface area contributed by atoms with Crippen molar-refractivity contribution in [3.63, 3.8) is 0 Å². The molecule has 1 saturated heterocycles. The van der Waals surface area contributed by atoms with E-state index in [0.717, 1.165) is 0 Å². The molecule has 0 aliphatic carbocycles. The van der Waals surface area contributed by atoms with Gasteiger partial charge in [0.1, 0.15) is 11.6 Å². The first-order chi connectivity index (χ1) is 14.4. The molecule has 2 aromatic carbocycles. The Kier molecular flexibility index (Phi) is 7.52. The smallest absolute Gasteiger partial charge is 0.317 e. The maximum atomic E-state index is 12.8. The van der Waals surface area contributed by atoms with Gasteiger partial charge in [-0.3, -0.25) is 0 Å². The molecule has 2 aromatic rings. The summed E-state index contributed by atoms with van der Waals surface area (Å²) < 4.78 is 45.1. The predicted molar refractivity (Wildman–Crippen MR) is 112 cm³/mol. The van der Waals surface area contributed by atoms with Crippen molar-refractivity contribution in [1.82, 2.24) is 14.5 Å². The van der Waals surface area contributed by atoms with Crippen LogP contribution in [0, 0.1) is 5.82 Å². The number of benzene rings is 2. The van der Waals surface area contributed by atoms with Gasteiger partial charge in [-0.1, -0.05) is 17.7 Å². The van der Waals surface area contributed by atoms with Gasteiger partial charge in [0.15, 0.2) is 0 Å². The number of urea groups is 1. The van der Waals surface area contributed by atoms with Crippen LogP contribution in [0.15, 0.2) is 53.4 Å². The van der Waals surface area contributed by atoms with Gasteiger partial charge in [0.2, 0.25) is 10.0 Å². The van der Waals surface area contributed by atoms with Gasteiger partial charge in [-0.15, -0.1) is 0 Å². The molecule has 2 amide bonds. The van der Waals surface area contributed by atoms with E-state index in [2.05, 4.69) is 5.32 Å². The molecular formula is C20H23ClFN3O4S. The molecule has 0 aromatic heterocycles. The van der Waals surface area contributed by atoms with Gasteiger partial charge in [0.05, 0.1) is 11.5 Å². The van der Waals surface area contributed by atoms with E-state index in [4.69, 9.17) is 16.3 Å². The summed E-state index contributed by atoms with van der Waals surface area (Å²) in [5.74, 6) is 0.245. The van der Waals surface area contributed by atoms with E-state index in [1.54, 1.807) is 29.2 Å². The number of piperazine rings is 1.